The first-order chi connectivity index (χ1) is 7.33. The predicted octanol–water partition coefficient (Wildman–Crippen LogP) is 2.45. The van der Waals surface area contributed by atoms with Crippen LogP contribution in [0.4, 0.5) is 0 Å². The summed E-state index contributed by atoms with van der Waals surface area (Å²) in [7, 11) is 0. The molecule has 0 bridgehead atoms. The van der Waals surface area contributed by atoms with E-state index in [9.17, 15) is 0 Å². The Kier molecular flexibility index (Phi) is 7.14. The number of ether oxygens (including phenoxy) is 1. The van der Waals surface area contributed by atoms with Crippen LogP contribution in [0.5, 0.6) is 0 Å². The van der Waals surface area contributed by atoms with Crippen LogP contribution < -0.4 is 5.32 Å². The standard InChI is InChI=1S/C12H23NOS/c1-3-15-8-6-11(2)13-9-12-5-4-7-14-10-12/h5,11,13H,3-4,6-10H2,1-2H3. The van der Waals surface area contributed by atoms with E-state index in [1.807, 2.05) is 11.8 Å². The topological polar surface area (TPSA) is 21.3 Å². The third kappa shape index (κ3) is 6.23. The van der Waals surface area contributed by atoms with E-state index in [1.54, 1.807) is 0 Å². The minimum atomic E-state index is 0.617. The second-order valence-corrected chi connectivity index (χ2v) is 5.37. The lowest BCUT2D eigenvalue weighted by Crippen LogP contribution is -2.30. The van der Waals surface area contributed by atoms with Crippen LogP contribution >= 0.6 is 11.8 Å². The first kappa shape index (κ1) is 13.1. The van der Waals surface area contributed by atoms with Crippen molar-refractivity contribution in [3.63, 3.8) is 0 Å². The molecule has 0 fully saturated rings. The third-order valence-electron chi connectivity index (χ3n) is 2.56. The molecule has 0 radical (unpaired) electrons. The summed E-state index contributed by atoms with van der Waals surface area (Å²) in [6, 6.07) is 0.617. The molecule has 0 aliphatic carbocycles. The van der Waals surface area contributed by atoms with Gasteiger partial charge in [-0.15, -0.1) is 0 Å². The van der Waals surface area contributed by atoms with Gasteiger partial charge in [-0.25, -0.2) is 0 Å². The summed E-state index contributed by atoms with van der Waals surface area (Å²) in [5.74, 6) is 2.49. The Hall–Kier alpha value is 0.01000. The van der Waals surface area contributed by atoms with Crippen molar-refractivity contribution in [1.82, 2.24) is 5.32 Å². The van der Waals surface area contributed by atoms with Crippen molar-refractivity contribution in [2.75, 3.05) is 31.3 Å². The van der Waals surface area contributed by atoms with E-state index >= 15 is 0 Å². The van der Waals surface area contributed by atoms with Gasteiger partial charge in [0, 0.05) is 12.6 Å². The van der Waals surface area contributed by atoms with Gasteiger partial charge in [-0.3, -0.25) is 0 Å². The molecule has 3 heteroatoms. The highest BCUT2D eigenvalue weighted by molar-refractivity contribution is 7.99. The molecular weight excluding hydrogens is 206 g/mol. The van der Waals surface area contributed by atoms with E-state index in [2.05, 4.69) is 25.2 Å². The summed E-state index contributed by atoms with van der Waals surface area (Å²) >= 11 is 2.02. The fourth-order valence-corrected chi connectivity index (χ4v) is 2.35. The van der Waals surface area contributed by atoms with E-state index in [0.717, 1.165) is 26.2 Å². The lowest BCUT2D eigenvalue weighted by Gasteiger charge is -2.17. The SMILES string of the molecule is CCSCCC(C)NCC1=CCCOC1. The molecular formula is C12H23NOS. The average molecular weight is 229 g/mol. The lowest BCUT2D eigenvalue weighted by atomic mass is 10.2. The molecule has 1 rings (SSSR count). The Morgan fingerprint density at radius 1 is 1.60 bits per heavy atom. The van der Waals surface area contributed by atoms with Crippen molar-refractivity contribution in [3.05, 3.63) is 11.6 Å². The summed E-state index contributed by atoms with van der Waals surface area (Å²) in [4.78, 5) is 0. The zero-order valence-corrected chi connectivity index (χ0v) is 10.7. The van der Waals surface area contributed by atoms with Gasteiger partial charge in [-0.05, 0) is 36.8 Å². The van der Waals surface area contributed by atoms with Crippen LogP contribution in [0.2, 0.25) is 0 Å². The number of nitrogens with one attached hydrogen (secondary N) is 1. The van der Waals surface area contributed by atoms with Crippen LogP contribution in [-0.2, 0) is 4.74 Å². The molecule has 1 atom stereocenters. The van der Waals surface area contributed by atoms with Crippen LogP contribution in [-0.4, -0.2) is 37.3 Å². The molecule has 0 aromatic heterocycles. The smallest absolute Gasteiger partial charge is 0.0689 e. The summed E-state index contributed by atoms with van der Waals surface area (Å²) in [5.41, 5.74) is 1.41. The van der Waals surface area contributed by atoms with E-state index in [-0.39, 0.29) is 0 Å². The second-order valence-electron chi connectivity index (χ2n) is 3.97. The van der Waals surface area contributed by atoms with E-state index in [0.29, 0.717) is 6.04 Å². The van der Waals surface area contributed by atoms with E-state index in [1.165, 1.54) is 23.5 Å². The number of hydrogen-bond donors (Lipinski definition) is 1. The maximum Gasteiger partial charge on any atom is 0.0689 e. The van der Waals surface area contributed by atoms with Crippen LogP contribution in [0, 0.1) is 0 Å². The molecule has 0 aromatic carbocycles. The van der Waals surface area contributed by atoms with Gasteiger partial charge < -0.3 is 10.1 Å². The van der Waals surface area contributed by atoms with Gasteiger partial charge in [-0.1, -0.05) is 13.0 Å². The first-order valence-corrected chi connectivity index (χ1v) is 7.05. The normalized spacial score (nSPS) is 18.7. The van der Waals surface area contributed by atoms with Crippen molar-refractivity contribution in [2.45, 2.75) is 32.7 Å². The lowest BCUT2D eigenvalue weighted by molar-refractivity contribution is 0.148. The molecule has 1 N–H and O–H groups in total. The van der Waals surface area contributed by atoms with Crippen LogP contribution in [0.3, 0.4) is 0 Å². The third-order valence-corrected chi connectivity index (χ3v) is 3.49. The van der Waals surface area contributed by atoms with Crippen LogP contribution in [0.1, 0.15) is 26.7 Å². The Balaban J connectivity index is 2.05. The summed E-state index contributed by atoms with van der Waals surface area (Å²) in [6.07, 6.45) is 4.65. The first-order valence-electron chi connectivity index (χ1n) is 5.89. The highest BCUT2D eigenvalue weighted by Gasteiger charge is 2.05. The Morgan fingerprint density at radius 3 is 3.13 bits per heavy atom. The molecule has 1 heterocycles. The van der Waals surface area contributed by atoms with Gasteiger partial charge in [0.1, 0.15) is 0 Å². The summed E-state index contributed by atoms with van der Waals surface area (Å²) < 4.78 is 5.40. The largest absolute Gasteiger partial charge is 0.377 e. The minimum absolute atomic E-state index is 0.617. The highest BCUT2D eigenvalue weighted by atomic mass is 32.2. The highest BCUT2D eigenvalue weighted by Crippen LogP contribution is 2.06. The number of rotatable bonds is 7. The quantitative estimate of drug-likeness (QED) is 0.535. The Bertz CT molecular complexity index is 194. The zero-order valence-electron chi connectivity index (χ0n) is 9.92. The van der Waals surface area contributed by atoms with Crippen molar-refractivity contribution >= 4 is 11.8 Å². The fraction of sp³-hybridized carbons (Fsp3) is 0.833. The molecule has 0 spiro atoms. The predicted molar refractivity (Wildman–Crippen MR) is 68.6 cm³/mol. The van der Waals surface area contributed by atoms with Gasteiger partial charge in [0.15, 0.2) is 0 Å². The molecule has 0 aromatic rings. The van der Waals surface area contributed by atoms with Gasteiger partial charge in [0.25, 0.3) is 0 Å². The van der Waals surface area contributed by atoms with Gasteiger partial charge in [0.2, 0.25) is 0 Å². The molecule has 0 amide bonds. The second kappa shape index (κ2) is 8.20. The average Bonchev–Trinajstić information content (AvgIpc) is 2.28. The van der Waals surface area contributed by atoms with Crippen molar-refractivity contribution in [2.24, 2.45) is 0 Å². The molecule has 1 aliphatic rings. The van der Waals surface area contributed by atoms with Crippen molar-refractivity contribution < 1.29 is 4.74 Å². The fourth-order valence-electron chi connectivity index (χ4n) is 1.54. The molecule has 1 unspecified atom stereocenters. The van der Waals surface area contributed by atoms with Crippen molar-refractivity contribution in [1.29, 1.82) is 0 Å². The van der Waals surface area contributed by atoms with E-state index in [4.69, 9.17) is 4.74 Å². The minimum Gasteiger partial charge on any atom is -0.377 e. The Morgan fingerprint density at radius 2 is 2.47 bits per heavy atom. The van der Waals surface area contributed by atoms with Crippen LogP contribution in [0.25, 0.3) is 0 Å². The van der Waals surface area contributed by atoms with Crippen molar-refractivity contribution in [3.8, 4) is 0 Å². The molecule has 0 saturated carbocycles. The summed E-state index contributed by atoms with van der Waals surface area (Å²) in [6.45, 7) is 7.20. The number of thioether (sulfide) groups is 1. The zero-order chi connectivity index (χ0) is 10.9. The van der Waals surface area contributed by atoms with E-state index < -0.39 is 0 Å². The van der Waals surface area contributed by atoms with Gasteiger partial charge in [-0.2, -0.15) is 11.8 Å². The maximum absolute atomic E-state index is 5.40. The Labute approximate surface area is 97.8 Å². The molecule has 88 valence electrons. The van der Waals surface area contributed by atoms with Crippen LogP contribution in [0.15, 0.2) is 11.6 Å². The number of hydrogen-bond acceptors (Lipinski definition) is 3. The maximum atomic E-state index is 5.40. The monoisotopic (exact) mass is 229 g/mol. The van der Waals surface area contributed by atoms with Gasteiger partial charge in [0.05, 0.1) is 13.2 Å². The molecule has 2 nitrogen and oxygen atoms in total. The molecule has 0 saturated heterocycles. The molecule has 15 heavy (non-hydrogen) atoms. The summed E-state index contributed by atoms with van der Waals surface area (Å²) in [5, 5.41) is 3.55. The van der Waals surface area contributed by atoms with Gasteiger partial charge >= 0.3 is 0 Å². The molecule has 1 aliphatic heterocycles.